The number of aliphatic carboxylic acids is 1. The van der Waals surface area contributed by atoms with E-state index in [1.54, 1.807) is 18.2 Å². The van der Waals surface area contributed by atoms with E-state index in [9.17, 15) is 13.2 Å². The Morgan fingerprint density at radius 2 is 2.09 bits per heavy atom. The molecule has 0 aliphatic carbocycles. The molecule has 1 aromatic rings. The maximum absolute atomic E-state index is 11.2. The number of carboxylic acid groups (broad SMARTS) is 1. The lowest BCUT2D eigenvalue weighted by atomic mass is 10.0. The van der Waals surface area contributed by atoms with E-state index >= 15 is 0 Å². The Balaban J connectivity index is 2.10. The Bertz CT molecular complexity index is 645. The van der Waals surface area contributed by atoms with Gasteiger partial charge in [-0.15, -0.1) is 0 Å². The van der Waals surface area contributed by atoms with Crippen molar-refractivity contribution in [2.24, 2.45) is 5.73 Å². The van der Waals surface area contributed by atoms with Gasteiger partial charge in [-0.05, 0) is 24.1 Å². The zero-order valence-electron chi connectivity index (χ0n) is 12.2. The number of hydrogen-bond donors (Lipinski definition) is 2. The third kappa shape index (κ3) is 4.11. The van der Waals surface area contributed by atoms with Gasteiger partial charge >= 0.3 is 5.97 Å². The number of benzene rings is 1. The van der Waals surface area contributed by atoms with Crippen molar-refractivity contribution in [2.75, 3.05) is 18.6 Å². The molecule has 0 radical (unpaired) electrons. The average molecular weight is 329 g/mol. The lowest BCUT2D eigenvalue weighted by molar-refractivity contribution is -0.137. The number of rotatable bonds is 7. The molecular formula is C14H19NO6S. The zero-order chi connectivity index (χ0) is 16.3. The molecule has 3 N–H and O–H groups in total. The molecule has 7 nitrogen and oxygen atoms in total. The number of nitrogens with two attached hydrogens (primary N) is 1. The van der Waals surface area contributed by atoms with E-state index in [1.807, 2.05) is 0 Å². The first-order valence-electron chi connectivity index (χ1n) is 6.83. The van der Waals surface area contributed by atoms with Gasteiger partial charge in [-0.2, -0.15) is 0 Å². The van der Waals surface area contributed by atoms with Crippen LogP contribution in [0.4, 0.5) is 0 Å². The topological polar surface area (TPSA) is 116 Å². The number of methoxy groups -OCH3 is 1. The van der Waals surface area contributed by atoms with E-state index < -0.39 is 21.8 Å². The molecular weight excluding hydrogens is 310 g/mol. The molecule has 2 rings (SSSR count). The zero-order valence-corrected chi connectivity index (χ0v) is 13.0. The minimum atomic E-state index is -2.97. The van der Waals surface area contributed by atoms with Crippen LogP contribution in [0.15, 0.2) is 18.2 Å². The van der Waals surface area contributed by atoms with Gasteiger partial charge in [-0.25, -0.2) is 8.42 Å². The summed E-state index contributed by atoms with van der Waals surface area (Å²) in [6.45, 7) is 0. The van der Waals surface area contributed by atoms with Crippen LogP contribution >= 0.6 is 0 Å². The standard InChI is InChI=1S/C14H19NO6S/c1-20-12-4-2-9(11(15)3-5-14(16)17)6-13(12)21-10-7-22(18,19)8-10/h2,4,6,10-11H,3,5,7-8,15H2,1H3,(H,16,17). The summed E-state index contributed by atoms with van der Waals surface area (Å²) in [4.78, 5) is 10.6. The fourth-order valence-corrected chi connectivity index (χ4v) is 3.40. The number of ether oxygens (including phenoxy) is 2. The third-order valence-corrected chi connectivity index (χ3v) is 5.22. The molecule has 0 saturated carbocycles. The SMILES string of the molecule is COc1ccc(C(N)CCC(=O)O)cc1OC1CS(=O)(=O)C1. The molecule has 22 heavy (non-hydrogen) atoms. The van der Waals surface area contributed by atoms with Crippen LogP contribution in [-0.4, -0.2) is 44.2 Å². The Morgan fingerprint density at radius 1 is 1.41 bits per heavy atom. The highest BCUT2D eigenvalue weighted by atomic mass is 32.2. The smallest absolute Gasteiger partial charge is 0.303 e. The van der Waals surface area contributed by atoms with Gasteiger partial charge < -0.3 is 20.3 Å². The monoisotopic (exact) mass is 329 g/mol. The molecule has 0 bridgehead atoms. The molecule has 1 atom stereocenters. The van der Waals surface area contributed by atoms with E-state index in [0.717, 1.165) is 5.56 Å². The first-order chi connectivity index (χ1) is 10.3. The highest BCUT2D eigenvalue weighted by Gasteiger charge is 2.35. The molecule has 1 heterocycles. The normalized spacial score (nSPS) is 18.3. The number of hydrogen-bond acceptors (Lipinski definition) is 6. The molecule has 1 aromatic carbocycles. The summed E-state index contributed by atoms with van der Waals surface area (Å²) in [5, 5.41) is 8.70. The van der Waals surface area contributed by atoms with Gasteiger partial charge in [0, 0.05) is 12.5 Å². The molecule has 1 fully saturated rings. The van der Waals surface area contributed by atoms with Crippen molar-refractivity contribution in [2.45, 2.75) is 25.0 Å². The van der Waals surface area contributed by atoms with Crippen LogP contribution in [0, 0.1) is 0 Å². The van der Waals surface area contributed by atoms with Gasteiger partial charge in [0.25, 0.3) is 0 Å². The van der Waals surface area contributed by atoms with Crippen molar-refractivity contribution in [1.82, 2.24) is 0 Å². The van der Waals surface area contributed by atoms with Crippen molar-refractivity contribution in [3.05, 3.63) is 23.8 Å². The Labute approximate surface area is 128 Å². The second kappa shape index (κ2) is 6.53. The molecule has 8 heteroatoms. The summed E-state index contributed by atoms with van der Waals surface area (Å²) in [6.07, 6.45) is -0.104. The Kier molecular flexibility index (Phi) is 4.92. The summed E-state index contributed by atoms with van der Waals surface area (Å²) in [6, 6.07) is 4.67. The average Bonchev–Trinajstić information content (AvgIpc) is 2.42. The lowest BCUT2D eigenvalue weighted by Gasteiger charge is -2.27. The van der Waals surface area contributed by atoms with Crippen molar-refractivity contribution in [1.29, 1.82) is 0 Å². The van der Waals surface area contributed by atoms with Crippen molar-refractivity contribution in [3.63, 3.8) is 0 Å². The Hall–Kier alpha value is -1.80. The van der Waals surface area contributed by atoms with Crippen LogP contribution in [0.5, 0.6) is 11.5 Å². The predicted molar refractivity (Wildman–Crippen MR) is 79.9 cm³/mol. The first-order valence-corrected chi connectivity index (χ1v) is 8.65. The second-order valence-electron chi connectivity index (χ2n) is 5.27. The van der Waals surface area contributed by atoms with Gasteiger partial charge in [0.05, 0.1) is 18.6 Å². The van der Waals surface area contributed by atoms with E-state index in [-0.39, 0.29) is 24.0 Å². The highest BCUT2D eigenvalue weighted by Crippen LogP contribution is 2.33. The molecule has 1 aliphatic heterocycles. The van der Waals surface area contributed by atoms with Gasteiger partial charge in [-0.1, -0.05) is 6.07 Å². The van der Waals surface area contributed by atoms with E-state index in [0.29, 0.717) is 17.9 Å². The molecule has 1 aliphatic rings. The summed E-state index contributed by atoms with van der Waals surface area (Å²) in [5.41, 5.74) is 6.69. The predicted octanol–water partition coefficient (Wildman–Crippen LogP) is 0.736. The lowest BCUT2D eigenvalue weighted by Crippen LogP contribution is -2.45. The van der Waals surface area contributed by atoms with Crippen LogP contribution in [0.25, 0.3) is 0 Å². The molecule has 1 unspecified atom stereocenters. The number of carbonyl (C=O) groups is 1. The quantitative estimate of drug-likeness (QED) is 0.757. The van der Waals surface area contributed by atoms with Gasteiger partial charge in [0.2, 0.25) is 0 Å². The van der Waals surface area contributed by atoms with Crippen molar-refractivity contribution < 1.29 is 27.8 Å². The van der Waals surface area contributed by atoms with Gasteiger partial charge in [-0.3, -0.25) is 4.79 Å². The van der Waals surface area contributed by atoms with Crippen LogP contribution in [-0.2, 0) is 14.6 Å². The molecule has 0 aromatic heterocycles. The number of carboxylic acids is 1. The first kappa shape index (κ1) is 16.6. The van der Waals surface area contributed by atoms with Gasteiger partial charge in [0.1, 0.15) is 6.10 Å². The van der Waals surface area contributed by atoms with Crippen LogP contribution < -0.4 is 15.2 Å². The fraction of sp³-hybridized carbons (Fsp3) is 0.500. The summed E-state index contributed by atoms with van der Waals surface area (Å²) in [5.74, 6) is -0.0130. The molecule has 122 valence electrons. The van der Waals surface area contributed by atoms with Crippen molar-refractivity contribution in [3.8, 4) is 11.5 Å². The summed E-state index contributed by atoms with van der Waals surface area (Å²) < 4.78 is 33.2. The van der Waals surface area contributed by atoms with Crippen LogP contribution in [0.3, 0.4) is 0 Å². The maximum atomic E-state index is 11.2. The minimum Gasteiger partial charge on any atom is -0.493 e. The van der Waals surface area contributed by atoms with Crippen molar-refractivity contribution >= 4 is 15.8 Å². The van der Waals surface area contributed by atoms with E-state index in [2.05, 4.69) is 0 Å². The maximum Gasteiger partial charge on any atom is 0.303 e. The molecule has 1 saturated heterocycles. The summed E-state index contributed by atoms with van der Waals surface area (Å²) >= 11 is 0. The largest absolute Gasteiger partial charge is 0.493 e. The van der Waals surface area contributed by atoms with Gasteiger partial charge in [0.15, 0.2) is 21.3 Å². The molecule has 0 amide bonds. The van der Waals surface area contributed by atoms with Crippen LogP contribution in [0.1, 0.15) is 24.4 Å². The van der Waals surface area contributed by atoms with E-state index in [1.165, 1.54) is 7.11 Å². The number of sulfone groups is 1. The highest BCUT2D eigenvalue weighted by molar-refractivity contribution is 7.92. The second-order valence-corrected chi connectivity index (χ2v) is 7.42. The van der Waals surface area contributed by atoms with E-state index in [4.69, 9.17) is 20.3 Å². The molecule has 0 spiro atoms. The Morgan fingerprint density at radius 3 is 2.64 bits per heavy atom. The summed E-state index contributed by atoms with van der Waals surface area (Å²) in [7, 11) is -1.48. The fourth-order valence-electron chi connectivity index (χ4n) is 2.23. The third-order valence-electron chi connectivity index (χ3n) is 3.46. The minimum absolute atomic E-state index is 0.00848. The van der Waals surface area contributed by atoms with Crippen LogP contribution in [0.2, 0.25) is 0 Å².